The van der Waals surface area contributed by atoms with Gasteiger partial charge in [0.2, 0.25) is 0 Å². The first-order valence-electron chi connectivity index (χ1n) is 6.25. The lowest BCUT2D eigenvalue weighted by molar-refractivity contribution is 0.632. The Labute approximate surface area is 128 Å². The van der Waals surface area contributed by atoms with Crippen LogP contribution in [0.5, 0.6) is 0 Å². The summed E-state index contributed by atoms with van der Waals surface area (Å²) in [5.41, 5.74) is 0.0397. The van der Waals surface area contributed by atoms with Gasteiger partial charge in [-0.3, -0.25) is 9.48 Å². The second-order valence-electron chi connectivity index (χ2n) is 4.57. The molecule has 0 bridgehead atoms. The number of rotatable bonds is 2. The lowest BCUT2D eigenvalue weighted by Gasteiger charge is -2.07. The molecule has 0 saturated carbocycles. The molecule has 110 valence electrons. The molecule has 0 amide bonds. The van der Waals surface area contributed by atoms with Crippen LogP contribution in [-0.2, 0) is 7.05 Å². The quantitative estimate of drug-likeness (QED) is 0.578. The number of hydrogen-bond acceptors (Lipinski definition) is 5. The van der Waals surface area contributed by atoms with Crippen molar-refractivity contribution in [1.29, 1.82) is 5.26 Å². The molecule has 0 saturated heterocycles. The summed E-state index contributed by atoms with van der Waals surface area (Å²) in [4.78, 5) is 18.6. The van der Waals surface area contributed by atoms with E-state index in [2.05, 4.69) is 15.1 Å². The van der Waals surface area contributed by atoms with E-state index in [9.17, 15) is 14.4 Å². The molecule has 2 aromatic heterocycles. The second kappa shape index (κ2) is 5.27. The van der Waals surface area contributed by atoms with Crippen molar-refractivity contribution in [3.05, 3.63) is 40.1 Å². The van der Waals surface area contributed by atoms with Crippen LogP contribution >= 0.6 is 11.8 Å². The maximum Gasteiger partial charge on any atom is 0.270 e. The Morgan fingerprint density at radius 1 is 1.45 bits per heavy atom. The zero-order chi connectivity index (χ0) is 15.9. The predicted octanol–water partition coefficient (Wildman–Crippen LogP) is 2.06. The summed E-state index contributed by atoms with van der Waals surface area (Å²) in [5.74, 6) is -0.554. The van der Waals surface area contributed by atoms with Crippen LogP contribution in [0.4, 0.5) is 4.39 Å². The molecular weight excluding hydrogens is 305 g/mol. The van der Waals surface area contributed by atoms with Crippen LogP contribution in [0.3, 0.4) is 0 Å². The van der Waals surface area contributed by atoms with Crippen molar-refractivity contribution in [3.63, 3.8) is 0 Å². The third-order valence-corrected chi connectivity index (χ3v) is 3.87. The number of nitrogens with one attached hydrogen (secondary N) is 1. The Kier molecular flexibility index (Phi) is 3.42. The van der Waals surface area contributed by atoms with Gasteiger partial charge in [-0.15, -0.1) is 0 Å². The zero-order valence-electron chi connectivity index (χ0n) is 11.7. The molecule has 1 aromatic carbocycles. The molecular formula is C14H10FN5OS. The van der Waals surface area contributed by atoms with Gasteiger partial charge in [-0.05, 0) is 18.4 Å². The normalized spacial score (nSPS) is 10.8. The third kappa shape index (κ3) is 2.16. The number of benzene rings is 1. The number of aromatic amines is 1. The predicted molar refractivity (Wildman–Crippen MR) is 81.0 cm³/mol. The molecule has 0 aliphatic carbocycles. The fourth-order valence-corrected chi connectivity index (χ4v) is 2.58. The first-order valence-corrected chi connectivity index (χ1v) is 7.47. The first-order chi connectivity index (χ1) is 10.5. The Morgan fingerprint density at radius 3 is 2.91 bits per heavy atom. The van der Waals surface area contributed by atoms with Gasteiger partial charge < -0.3 is 4.98 Å². The summed E-state index contributed by atoms with van der Waals surface area (Å²) in [5, 5.41) is 14.2. The van der Waals surface area contributed by atoms with Crippen molar-refractivity contribution < 1.29 is 4.39 Å². The third-order valence-electron chi connectivity index (χ3n) is 3.29. The van der Waals surface area contributed by atoms with Crippen LogP contribution in [0.25, 0.3) is 22.2 Å². The van der Waals surface area contributed by atoms with Crippen LogP contribution in [0.15, 0.2) is 28.3 Å². The molecule has 6 nitrogen and oxygen atoms in total. The summed E-state index contributed by atoms with van der Waals surface area (Å²) < 4.78 is 16.0. The van der Waals surface area contributed by atoms with Crippen LogP contribution in [-0.4, -0.2) is 26.0 Å². The van der Waals surface area contributed by atoms with Crippen LogP contribution < -0.4 is 5.56 Å². The van der Waals surface area contributed by atoms with Gasteiger partial charge in [0.15, 0.2) is 5.16 Å². The number of fused-ring (bicyclic) bond motifs is 1. The Balaban J connectivity index is 2.38. The van der Waals surface area contributed by atoms with Crippen LogP contribution in [0.1, 0.15) is 5.56 Å². The molecule has 1 N–H and O–H groups in total. The van der Waals surface area contributed by atoms with E-state index in [4.69, 9.17) is 0 Å². The Bertz CT molecular complexity index is 985. The van der Waals surface area contributed by atoms with Crippen molar-refractivity contribution >= 4 is 22.7 Å². The number of hydrogen-bond donors (Lipinski definition) is 1. The molecule has 0 aliphatic heterocycles. The number of aromatic nitrogens is 4. The lowest BCUT2D eigenvalue weighted by Crippen LogP contribution is -2.15. The number of nitriles is 1. The molecule has 3 rings (SSSR count). The summed E-state index contributed by atoms with van der Waals surface area (Å²) in [6, 6.07) is 4.66. The monoisotopic (exact) mass is 315 g/mol. The van der Waals surface area contributed by atoms with E-state index in [0.29, 0.717) is 16.1 Å². The zero-order valence-corrected chi connectivity index (χ0v) is 12.5. The fraction of sp³-hybridized carbons (Fsp3) is 0.143. The maximum absolute atomic E-state index is 14.4. The van der Waals surface area contributed by atoms with E-state index < -0.39 is 11.4 Å². The molecule has 0 spiro atoms. The lowest BCUT2D eigenvalue weighted by atomic mass is 10.1. The van der Waals surface area contributed by atoms with Crippen LogP contribution in [0, 0.1) is 17.1 Å². The van der Waals surface area contributed by atoms with E-state index in [1.807, 2.05) is 0 Å². The van der Waals surface area contributed by atoms with Crippen molar-refractivity contribution in [2.24, 2.45) is 7.05 Å². The molecule has 0 atom stereocenters. The smallest absolute Gasteiger partial charge is 0.270 e. The van der Waals surface area contributed by atoms with E-state index in [1.165, 1.54) is 17.8 Å². The van der Waals surface area contributed by atoms with Crippen molar-refractivity contribution in [1.82, 2.24) is 19.7 Å². The number of nitrogens with zero attached hydrogens (tertiary/aromatic N) is 4. The van der Waals surface area contributed by atoms with Crippen molar-refractivity contribution in [2.45, 2.75) is 5.16 Å². The minimum Gasteiger partial charge on any atom is -0.300 e. The summed E-state index contributed by atoms with van der Waals surface area (Å²) in [6.07, 6.45) is 3.28. The van der Waals surface area contributed by atoms with Crippen molar-refractivity contribution in [3.8, 4) is 17.3 Å². The van der Waals surface area contributed by atoms with E-state index in [0.717, 1.165) is 0 Å². The standard InChI is InChI=1S/C14H10FN5OS/c1-20-11-4-8(10(15)3-7(11)6-17-20)12-9(5-16)13(21)19-14(18-12)22-2/h3-4,6H,1-2H3,(H,18,19,21). The minimum atomic E-state index is -0.582. The maximum atomic E-state index is 14.4. The largest absolute Gasteiger partial charge is 0.300 e. The fourth-order valence-electron chi connectivity index (χ4n) is 2.20. The summed E-state index contributed by atoms with van der Waals surface area (Å²) in [6.45, 7) is 0. The van der Waals surface area contributed by atoms with Gasteiger partial charge in [0.25, 0.3) is 5.56 Å². The average molecular weight is 315 g/mol. The highest BCUT2D eigenvalue weighted by Gasteiger charge is 2.18. The highest BCUT2D eigenvalue weighted by atomic mass is 32.2. The van der Waals surface area contributed by atoms with E-state index in [-0.39, 0.29) is 16.8 Å². The number of H-pyrrole nitrogens is 1. The van der Waals surface area contributed by atoms with E-state index in [1.54, 1.807) is 36.3 Å². The topological polar surface area (TPSA) is 87.4 Å². The molecule has 0 unspecified atom stereocenters. The molecule has 2 heterocycles. The SMILES string of the molecule is CSc1nc(-c2cc3c(cnn3C)cc2F)c(C#N)c(=O)[nH]1. The molecule has 22 heavy (non-hydrogen) atoms. The van der Waals surface area contributed by atoms with Gasteiger partial charge in [0, 0.05) is 18.0 Å². The van der Waals surface area contributed by atoms with Crippen molar-refractivity contribution in [2.75, 3.05) is 6.26 Å². The van der Waals surface area contributed by atoms with Crippen LogP contribution in [0.2, 0.25) is 0 Å². The van der Waals surface area contributed by atoms with E-state index >= 15 is 0 Å². The average Bonchev–Trinajstić information content (AvgIpc) is 2.86. The molecule has 3 aromatic rings. The number of aryl methyl sites for hydroxylation is 1. The molecule has 0 fully saturated rings. The first kappa shape index (κ1) is 14.3. The van der Waals surface area contributed by atoms with Gasteiger partial charge >= 0.3 is 0 Å². The van der Waals surface area contributed by atoms with Gasteiger partial charge in [-0.2, -0.15) is 10.4 Å². The Hall–Kier alpha value is -2.66. The molecule has 0 radical (unpaired) electrons. The summed E-state index contributed by atoms with van der Waals surface area (Å²) >= 11 is 1.21. The second-order valence-corrected chi connectivity index (χ2v) is 5.36. The number of halogens is 1. The molecule has 0 aliphatic rings. The highest BCUT2D eigenvalue weighted by Crippen LogP contribution is 2.28. The van der Waals surface area contributed by atoms with Gasteiger partial charge in [0.1, 0.15) is 17.4 Å². The van der Waals surface area contributed by atoms with Gasteiger partial charge in [-0.1, -0.05) is 11.8 Å². The van der Waals surface area contributed by atoms with Gasteiger partial charge in [0.05, 0.1) is 17.4 Å². The minimum absolute atomic E-state index is 0.0381. The number of thioether (sulfide) groups is 1. The van der Waals surface area contributed by atoms with Gasteiger partial charge in [-0.25, -0.2) is 9.37 Å². The molecule has 8 heteroatoms. The summed E-state index contributed by atoms with van der Waals surface area (Å²) in [7, 11) is 1.73. The Morgan fingerprint density at radius 2 is 2.23 bits per heavy atom. The highest BCUT2D eigenvalue weighted by molar-refractivity contribution is 7.98.